The first-order chi connectivity index (χ1) is 15.0. The van der Waals surface area contributed by atoms with Crippen molar-refractivity contribution >= 4 is 27.5 Å². The maximum absolute atomic E-state index is 14.4. The molecule has 1 amide bonds. The minimum atomic E-state index is -4.22. The second kappa shape index (κ2) is 9.60. The second-order valence-corrected chi connectivity index (χ2v) is 9.53. The molecule has 1 fully saturated rings. The Morgan fingerprint density at radius 3 is 2.47 bits per heavy atom. The van der Waals surface area contributed by atoms with Crippen molar-refractivity contribution in [3.05, 3.63) is 53.1 Å². The molecule has 32 heavy (non-hydrogen) atoms. The number of ether oxygens (including phenoxy) is 2. The molecule has 1 aliphatic heterocycles. The Balaban J connectivity index is 1.87. The van der Waals surface area contributed by atoms with Crippen LogP contribution in [-0.4, -0.2) is 52.0 Å². The molecule has 1 N–H and O–H groups in total. The highest BCUT2D eigenvalue weighted by Gasteiger charge is 2.43. The monoisotopic (exact) mass is 488 g/mol. The fourth-order valence-corrected chi connectivity index (χ4v) is 4.74. The Morgan fingerprint density at radius 2 is 1.84 bits per heavy atom. The first-order valence-electron chi connectivity index (χ1n) is 9.70. The summed E-state index contributed by atoms with van der Waals surface area (Å²) in [6.07, 6.45) is -1.52. The van der Waals surface area contributed by atoms with E-state index in [1.807, 2.05) is 0 Å². The number of carbonyl (C=O) groups excluding carboxylic acids is 1. The van der Waals surface area contributed by atoms with Crippen LogP contribution in [0.3, 0.4) is 0 Å². The van der Waals surface area contributed by atoms with E-state index in [-0.39, 0.29) is 18.0 Å². The summed E-state index contributed by atoms with van der Waals surface area (Å²) in [4.78, 5) is 14.1. The van der Waals surface area contributed by atoms with E-state index in [9.17, 15) is 22.0 Å². The minimum Gasteiger partial charge on any atom is -0.497 e. The number of nitrogens with one attached hydrogen (secondary N) is 1. The van der Waals surface area contributed by atoms with Gasteiger partial charge in [0.25, 0.3) is 5.92 Å². The predicted octanol–water partition coefficient (Wildman–Crippen LogP) is 3.46. The Morgan fingerprint density at radius 1 is 1.16 bits per heavy atom. The molecular weight excluding hydrogens is 466 g/mol. The molecule has 174 valence electrons. The summed E-state index contributed by atoms with van der Waals surface area (Å²) < 4.78 is 66.8. The van der Waals surface area contributed by atoms with E-state index in [1.54, 1.807) is 18.2 Å². The molecule has 0 aromatic heterocycles. The molecule has 11 heteroatoms. The summed E-state index contributed by atoms with van der Waals surface area (Å²) in [7, 11) is -1.29. The predicted molar refractivity (Wildman–Crippen MR) is 115 cm³/mol. The summed E-state index contributed by atoms with van der Waals surface area (Å²) in [5.74, 6) is -3.00. The molecule has 1 saturated heterocycles. The van der Waals surface area contributed by atoms with Crippen LogP contribution >= 0.6 is 11.6 Å². The fourth-order valence-electron chi connectivity index (χ4n) is 3.42. The van der Waals surface area contributed by atoms with E-state index in [1.165, 1.54) is 43.4 Å². The highest BCUT2D eigenvalue weighted by atomic mass is 35.5. The van der Waals surface area contributed by atoms with Crippen molar-refractivity contribution in [2.75, 3.05) is 20.8 Å². The van der Waals surface area contributed by atoms with Gasteiger partial charge in [0.05, 0.1) is 19.1 Å². The van der Waals surface area contributed by atoms with Gasteiger partial charge in [0.15, 0.2) is 0 Å². The summed E-state index contributed by atoms with van der Waals surface area (Å²) in [6, 6.07) is 8.53. The van der Waals surface area contributed by atoms with Gasteiger partial charge in [-0.05, 0) is 36.4 Å². The number of halogens is 3. The molecule has 3 rings (SSSR count). The van der Waals surface area contributed by atoms with E-state index in [2.05, 4.69) is 4.72 Å². The van der Waals surface area contributed by atoms with E-state index < -0.39 is 40.7 Å². The second-order valence-electron chi connectivity index (χ2n) is 7.38. The number of rotatable bonds is 7. The summed E-state index contributed by atoms with van der Waals surface area (Å²) in [5, 5.41) is 0.320. The third kappa shape index (κ3) is 5.67. The molecule has 1 atom stereocenters. The van der Waals surface area contributed by atoms with E-state index in [0.29, 0.717) is 22.1 Å². The average molecular weight is 489 g/mol. The lowest BCUT2D eigenvalue weighted by Crippen LogP contribution is -2.48. The Labute approximate surface area is 190 Å². The summed E-state index contributed by atoms with van der Waals surface area (Å²) in [6.45, 7) is -0.262. The van der Waals surface area contributed by atoms with Crippen LogP contribution in [0, 0.1) is 0 Å². The maximum Gasteiger partial charge on any atom is 0.251 e. The zero-order valence-corrected chi connectivity index (χ0v) is 19.1. The van der Waals surface area contributed by atoms with Gasteiger partial charge >= 0.3 is 0 Å². The van der Waals surface area contributed by atoms with Gasteiger partial charge in [-0.15, -0.1) is 0 Å². The van der Waals surface area contributed by atoms with E-state index >= 15 is 0 Å². The number of benzene rings is 2. The van der Waals surface area contributed by atoms with Crippen LogP contribution in [0.4, 0.5) is 8.78 Å². The number of hydrogen-bond donors (Lipinski definition) is 1. The van der Waals surface area contributed by atoms with Gasteiger partial charge < -0.3 is 14.4 Å². The average Bonchev–Trinajstić information content (AvgIpc) is 2.85. The van der Waals surface area contributed by atoms with Crippen molar-refractivity contribution in [1.29, 1.82) is 0 Å². The van der Waals surface area contributed by atoms with Crippen molar-refractivity contribution < 1.29 is 31.5 Å². The number of alkyl halides is 2. The Hall–Kier alpha value is -2.43. The summed E-state index contributed by atoms with van der Waals surface area (Å²) in [5.41, 5.74) is 0.575. The normalized spacial score (nSPS) is 18.8. The van der Waals surface area contributed by atoms with Crippen molar-refractivity contribution in [1.82, 2.24) is 9.62 Å². The lowest BCUT2D eigenvalue weighted by atomic mass is 10.1. The zero-order valence-electron chi connectivity index (χ0n) is 17.5. The zero-order chi connectivity index (χ0) is 23.5. The molecule has 0 bridgehead atoms. The smallest absolute Gasteiger partial charge is 0.251 e. The molecular formula is C21H23ClF2N2O5S. The van der Waals surface area contributed by atoms with Crippen molar-refractivity contribution in [3.8, 4) is 11.5 Å². The lowest BCUT2D eigenvalue weighted by molar-refractivity contribution is -0.133. The van der Waals surface area contributed by atoms with Crippen LogP contribution < -0.4 is 14.2 Å². The number of nitrogens with zero attached hydrogens (tertiary/aromatic N) is 1. The standard InChI is InChI=1S/C21H23ClF2N2O5S/c1-30-16-6-3-14(19(11-16)31-2)13-26-10-9-21(23,24)12-18(20(26)27)25-32(28,29)17-7-4-15(22)5-8-17/h3-8,11,18,25H,9-10,12-13H2,1-2H3/t18-/m1/s1. The van der Waals surface area contributed by atoms with Crippen LogP contribution in [0.15, 0.2) is 47.4 Å². The van der Waals surface area contributed by atoms with Crippen LogP contribution in [0.2, 0.25) is 5.02 Å². The molecule has 0 saturated carbocycles. The maximum atomic E-state index is 14.4. The van der Waals surface area contributed by atoms with Crippen LogP contribution in [-0.2, 0) is 21.4 Å². The number of hydrogen-bond acceptors (Lipinski definition) is 5. The van der Waals surface area contributed by atoms with Gasteiger partial charge in [-0.25, -0.2) is 17.2 Å². The van der Waals surface area contributed by atoms with Crippen molar-refractivity contribution in [2.24, 2.45) is 0 Å². The molecule has 1 heterocycles. The highest BCUT2D eigenvalue weighted by Crippen LogP contribution is 2.32. The van der Waals surface area contributed by atoms with Crippen molar-refractivity contribution in [3.63, 3.8) is 0 Å². The minimum absolute atomic E-state index is 0.0265. The van der Waals surface area contributed by atoms with Gasteiger partial charge in [0.1, 0.15) is 17.5 Å². The van der Waals surface area contributed by atoms with Crippen LogP contribution in [0.5, 0.6) is 11.5 Å². The molecule has 0 unspecified atom stereocenters. The fraction of sp³-hybridized carbons (Fsp3) is 0.381. The molecule has 0 radical (unpaired) electrons. The number of methoxy groups -OCH3 is 2. The largest absolute Gasteiger partial charge is 0.497 e. The number of amides is 1. The highest BCUT2D eigenvalue weighted by molar-refractivity contribution is 7.89. The van der Waals surface area contributed by atoms with E-state index in [4.69, 9.17) is 21.1 Å². The molecule has 0 aliphatic carbocycles. The first kappa shape index (κ1) is 24.2. The van der Waals surface area contributed by atoms with Crippen LogP contribution in [0.1, 0.15) is 18.4 Å². The first-order valence-corrected chi connectivity index (χ1v) is 11.6. The molecule has 0 spiro atoms. The van der Waals surface area contributed by atoms with E-state index in [0.717, 1.165) is 0 Å². The molecule has 1 aliphatic rings. The van der Waals surface area contributed by atoms with Gasteiger partial charge in [-0.2, -0.15) is 4.72 Å². The van der Waals surface area contributed by atoms with Crippen molar-refractivity contribution in [2.45, 2.75) is 36.2 Å². The summed E-state index contributed by atoms with van der Waals surface area (Å²) >= 11 is 5.78. The van der Waals surface area contributed by atoms with Gasteiger partial charge in [0.2, 0.25) is 15.9 Å². The number of likely N-dealkylation sites (tertiary alicyclic amines) is 1. The topological polar surface area (TPSA) is 84.9 Å². The molecule has 2 aromatic rings. The van der Waals surface area contributed by atoms with Gasteiger partial charge in [-0.3, -0.25) is 4.79 Å². The Kier molecular flexibility index (Phi) is 7.26. The number of carbonyl (C=O) groups is 1. The Bertz CT molecular complexity index is 1080. The van der Waals surface area contributed by atoms with Gasteiger partial charge in [-0.1, -0.05) is 11.6 Å². The number of sulfonamides is 1. The third-order valence-electron chi connectivity index (χ3n) is 5.14. The van der Waals surface area contributed by atoms with Gasteiger partial charge in [0, 0.05) is 42.6 Å². The SMILES string of the molecule is COc1ccc(CN2CCC(F)(F)C[C@@H](NS(=O)(=O)c3ccc(Cl)cc3)C2=O)c(OC)c1. The molecule has 2 aromatic carbocycles. The lowest BCUT2D eigenvalue weighted by Gasteiger charge is -2.25. The van der Waals surface area contributed by atoms with Crippen LogP contribution in [0.25, 0.3) is 0 Å². The third-order valence-corrected chi connectivity index (χ3v) is 6.88. The quantitative estimate of drug-likeness (QED) is 0.645. The molecule has 7 nitrogen and oxygen atoms in total.